The molecular weight excluding hydrogens is 306 g/mol. The maximum atomic E-state index is 12.6. The van der Waals surface area contributed by atoms with E-state index < -0.39 is 0 Å². The van der Waals surface area contributed by atoms with E-state index >= 15 is 0 Å². The van der Waals surface area contributed by atoms with E-state index in [4.69, 9.17) is 5.26 Å². The van der Waals surface area contributed by atoms with E-state index in [9.17, 15) is 4.79 Å². The van der Waals surface area contributed by atoms with E-state index in [2.05, 4.69) is 20.2 Å². The van der Waals surface area contributed by atoms with Gasteiger partial charge >= 0.3 is 0 Å². The Balaban J connectivity index is 1.70. The van der Waals surface area contributed by atoms with E-state index in [0.717, 1.165) is 5.56 Å². The highest BCUT2D eigenvalue weighted by molar-refractivity contribution is 5.79. The van der Waals surface area contributed by atoms with Crippen LogP contribution in [0.25, 0.3) is 0 Å². The molecule has 8 heteroatoms. The first-order valence-electron chi connectivity index (χ1n) is 7.73. The molecule has 0 unspecified atom stereocenters. The molecule has 124 valence electrons. The Morgan fingerprint density at radius 1 is 1.42 bits per heavy atom. The normalized spacial score (nSPS) is 20.3. The lowest BCUT2D eigenvalue weighted by molar-refractivity contribution is -0.129. The van der Waals surface area contributed by atoms with Crippen LogP contribution in [0, 0.1) is 11.3 Å². The molecule has 3 rings (SSSR count). The first-order valence-corrected chi connectivity index (χ1v) is 7.73. The highest BCUT2D eigenvalue weighted by Gasteiger charge is 2.37. The molecule has 0 N–H and O–H groups in total. The largest absolute Gasteiger partial charge is 0.339 e. The van der Waals surface area contributed by atoms with Crippen LogP contribution in [0.1, 0.15) is 17.3 Å². The second-order valence-corrected chi connectivity index (χ2v) is 6.12. The molecule has 1 saturated heterocycles. The fourth-order valence-electron chi connectivity index (χ4n) is 3.02. The number of amides is 1. The van der Waals surface area contributed by atoms with Crippen molar-refractivity contribution in [1.29, 1.82) is 5.26 Å². The first kappa shape index (κ1) is 16.1. The van der Waals surface area contributed by atoms with Gasteiger partial charge in [-0.1, -0.05) is 11.3 Å². The molecule has 0 aromatic carbocycles. The Morgan fingerprint density at radius 3 is 2.83 bits per heavy atom. The average Bonchev–Trinajstić information content (AvgIpc) is 3.24. The molecule has 8 nitrogen and oxygen atoms in total. The molecule has 24 heavy (non-hydrogen) atoms. The summed E-state index contributed by atoms with van der Waals surface area (Å²) in [6.07, 6.45) is 5.35. The standard InChI is InChI=1S/C16H19N7O/c1-21(2)14-10-22(11-15(14)23-6-5-19-20-23)16(24)7-12-3-4-13(8-17)18-9-12/h3-6,9,14-15H,7,10-11H2,1-2H3/t14-,15+/m1/s1. The van der Waals surface area contributed by atoms with Gasteiger partial charge in [0, 0.05) is 25.5 Å². The van der Waals surface area contributed by atoms with Crippen molar-refractivity contribution in [2.45, 2.75) is 18.5 Å². The quantitative estimate of drug-likeness (QED) is 0.792. The van der Waals surface area contributed by atoms with Gasteiger partial charge in [0.05, 0.1) is 24.7 Å². The van der Waals surface area contributed by atoms with Gasteiger partial charge in [-0.2, -0.15) is 5.26 Å². The summed E-state index contributed by atoms with van der Waals surface area (Å²) in [5, 5.41) is 16.7. The molecule has 0 bridgehead atoms. The fraction of sp³-hybridized carbons (Fsp3) is 0.438. The molecule has 1 amide bonds. The molecule has 2 aromatic rings. The molecule has 0 spiro atoms. The molecule has 0 saturated carbocycles. The lowest BCUT2D eigenvalue weighted by Gasteiger charge is -2.24. The van der Waals surface area contributed by atoms with Crippen molar-refractivity contribution in [3.63, 3.8) is 0 Å². The van der Waals surface area contributed by atoms with E-state index in [1.807, 2.05) is 35.9 Å². The summed E-state index contributed by atoms with van der Waals surface area (Å²) >= 11 is 0. The van der Waals surface area contributed by atoms with Crippen molar-refractivity contribution in [1.82, 2.24) is 29.8 Å². The van der Waals surface area contributed by atoms with Crippen molar-refractivity contribution >= 4 is 5.91 Å². The number of pyridine rings is 1. The van der Waals surface area contributed by atoms with Crippen LogP contribution in [-0.2, 0) is 11.2 Å². The monoisotopic (exact) mass is 325 g/mol. The van der Waals surface area contributed by atoms with E-state index in [0.29, 0.717) is 18.8 Å². The van der Waals surface area contributed by atoms with Crippen LogP contribution in [-0.4, -0.2) is 68.9 Å². The molecule has 0 aliphatic carbocycles. The minimum atomic E-state index is 0.0518. The predicted octanol–water partition coefficient (Wildman–Crippen LogP) is 0.101. The molecule has 2 atom stereocenters. The van der Waals surface area contributed by atoms with E-state index in [-0.39, 0.29) is 24.4 Å². The highest BCUT2D eigenvalue weighted by Crippen LogP contribution is 2.25. The maximum absolute atomic E-state index is 12.6. The van der Waals surface area contributed by atoms with Crippen LogP contribution in [0.5, 0.6) is 0 Å². The topological polar surface area (TPSA) is 90.9 Å². The van der Waals surface area contributed by atoms with Gasteiger partial charge in [-0.3, -0.25) is 4.79 Å². The van der Waals surface area contributed by atoms with Gasteiger partial charge in [-0.15, -0.1) is 5.10 Å². The highest BCUT2D eigenvalue weighted by atomic mass is 16.2. The molecule has 1 aliphatic rings. The lowest BCUT2D eigenvalue weighted by Crippen LogP contribution is -2.37. The number of hydrogen-bond acceptors (Lipinski definition) is 6. The Hall–Kier alpha value is -2.79. The van der Waals surface area contributed by atoms with Crippen molar-refractivity contribution in [3.05, 3.63) is 42.0 Å². The van der Waals surface area contributed by atoms with Gasteiger partial charge in [0.2, 0.25) is 5.91 Å². The smallest absolute Gasteiger partial charge is 0.227 e. The molecular formula is C16H19N7O. The molecule has 0 radical (unpaired) electrons. The minimum Gasteiger partial charge on any atom is -0.339 e. The second-order valence-electron chi connectivity index (χ2n) is 6.12. The minimum absolute atomic E-state index is 0.0518. The summed E-state index contributed by atoms with van der Waals surface area (Å²) in [5.74, 6) is 0.0518. The lowest BCUT2D eigenvalue weighted by atomic mass is 10.1. The maximum Gasteiger partial charge on any atom is 0.227 e. The van der Waals surface area contributed by atoms with Gasteiger partial charge in [0.1, 0.15) is 11.8 Å². The Morgan fingerprint density at radius 2 is 2.25 bits per heavy atom. The van der Waals surface area contributed by atoms with E-state index in [1.165, 1.54) is 0 Å². The van der Waals surface area contributed by atoms with Crippen LogP contribution < -0.4 is 0 Å². The van der Waals surface area contributed by atoms with Gasteiger partial charge in [-0.05, 0) is 25.7 Å². The number of aromatic nitrogens is 4. The molecule has 1 aliphatic heterocycles. The van der Waals surface area contributed by atoms with Crippen molar-refractivity contribution < 1.29 is 4.79 Å². The Labute approximate surface area is 140 Å². The molecule has 2 aromatic heterocycles. The van der Waals surface area contributed by atoms with E-state index in [1.54, 1.807) is 24.5 Å². The first-order chi connectivity index (χ1) is 11.6. The molecule has 1 fully saturated rings. The van der Waals surface area contributed by atoms with Crippen LogP contribution in [0.2, 0.25) is 0 Å². The van der Waals surface area contributed by atoms with Gasteiger partial charge in [0.15, 0.2) is 0 Å². The summed E-state index contributed by atoms with van der Waals surface area (Å²) in [6.45, 7) is 1.26. The number of likely N-dealkylation sites (N-methyl/N-ethyl adjacent to an activating group) is 1. The summed E-state index contributed by atoms with van der Waals surface area (Å²) in [7, 11) is 4.01. The van der Waals surface area contributed by atoms with Crippen LogP contribution in [0.3, 0.4) is 0 Å². The zero-order chi connectivity index (χ0) is 17.1. The SMILES string of the molecule is CN(C)[C@@H]1CN(C(=O)Cc2ccc(C#N)nc2)C[C@@H]1n1ccnn1. The zero-order valence-corrected chi connectivity index (χ0v) is 13.7. The van der Waals surface area contributed by atoms with Crippen molar-refractivity contribution in [3.8, 4) is 6.07 Å². The number of rotatable bonds is 4. The summed E-state index contributed by atoms with van der Waals surface area (Å²) in [4.78, 5) is 20.6. The van der Waals surface area contributed by atoms with Crippen molar-refractivity contribution in [2.75, 3.05) is 27.2 Å². The van der Waals surface area contributed by atoms with Crippen LogP contribution >= 0.6 is 0 Å². The second kappa shape index (κ2) is 6.76. The van der Waals surface area contributed by atoms with Gasteiger partial charge in [0.25, 0.3) is 0 Å². The number of carbonyl (C=O) groups excluding carboxylic acids is 1. The Bertz CT molecular complexity index is 733. The number of nitrogens with zero attached hydrogens (tertiary/aromatic N) is 7. The number of hydrogen-bond donors (Lipinski definition) is 0. The summed E-state index contributed by atoms with van der Waals surface area (Å²) < 4.78 is 1.82. The van der Waals surface area contributed by atoms with Crippen LogP contribution in [0.4, 0.5) is 0 Å². The third-order valence-electron chi connectivity index (χ3n) is 4.35. The molecule has 3 heterocycles. The fourth-order valence-corrected chi connectivity index (χ4v) is 3.02. The summed E-state index contributed by atoms with van der Waals surface area (Å²) in [6, 6.07) is 5.66. The number of carbonyl (C=O) groups is 1. The number of likely N-dealkylation sites (tertiary alicyclic amines) is 1. The number of nitriles is 1. The average molecular weight is 325 g/mol. The van der Waals surface area contributed by atoms with Crippen molar-refractivity contribution in [2.24, 2.45) is 0 Å². The van der Waals surface area contributed by atoms with Crippen LogP contribution in [0.15, 0.2) is 30.7 Å². The third kappa shape index (κ3) is 3.26. The zero-order valence-electron chi connectivity index (χ0n) is 13.7. The Kier molecular flexibility index (Phi) is 4.53. The van der Waals surface area contributed by atoms with Gasteiger partial charge in [-0.25, -0.2) is 9.67 Å². The van der Waals surface area contributed by atoms with Gasteiger partial charge < -0.3 is 9.80 Å². The third-order valence-corrected chi connectivity index (χ3v) is 4.35. The predicted molar refractivity (Wildman–Crippen MR) is 85.8 cm³/mol. The summed E-state index contributed by atoms with van der Waals surface area (Å²) in [5.41, 5.74) is 1.16.